The van der Waals surface area contributed by atoms with Crippen molar-refractivity contribution in [2.75, 3.05) is 0 Å². The number of hydrogen-bond acceptors (Lipinski definition) is 4. The van der Waals surface area contributed by atoms with E-state index in [4.69, 9.17) is 0 Å². The lowest BCUT2D eigenvalue weighted by atomic mass is 10.0. The van der Waals surface area contributed by atoms with Crippen molar-refractivity contribution in [1.29, 1.82) is 0 Å². The molecule has 6 nitrogen and oxygen atoms in total. The van der Waals surface area contributed by atoms with E-state index in [0.717, 1.165) is 64.2 Å². The predicted octanol–water partition coefficient (Wildman–Crippen LogP) is 5.00. The summed E-state index contributed by atoms with van der Waals surface area (Å²) in [5, 5.41) is -2.89. The van der Waals surface area contributed by atoms with E-state index in [1.165, 1.54) is 0 Å². The molecule has 0 aromatic heterocycles. The highest BCUT2D eigenvalue weighted by Crippen LogP contribution is 2.24. The molecule has 2 unspecified atom stereocenters. The Morgan fingerprint density at radius 2 is 0.808 bits per heavy atom. The van der Waals surface area contributed by atoms with Crippen LogP contribution in [0.5, 0.6) is 0 Å². The molecule has 158 valence electrons. The predicted molar refractivity (Wildman–Crippen MR) is 107 cm³/mol. The number of rotatable bonds is 17. The molecule has 0 bridgehead atoms. The molecule has 0 fully saturated rings. The van der Waals surface area contributed by atoms with Crippen LogP contribution in [-0.2, 0) is 20.2 Å². The Morgan fingerprint density at radius 3 is 1.08 bits per heavy atom. The lowest BCUT2D eigenvalue weighted by Crippen LogP contribution is -2.39. The molecule has 0 rings (SSSR count). The second kappa shape index (κ2) is 13.9. The Labute approximate surface area is 160 Å². The summed E-state index contributed by atoms with van der Waals surface area (Å²) < 4.78 is 66.0. The maximum atomic E-state index is 11.7. The highest BCUT2D eigenvalue weighted by atomic mass is 32.2. The molecular formula is C18H38O6S2. The van der Waals surface area contributed by atoms with Gasteiger partial charge in [0.05, 0.1) is 0 Å². The van der Waals surface area contributed by atoms with Gasteiger partial charge in [0, 0.05) is 0 Å². The summed E-state index contributed by atoms with van der Waals surface area (Å²) >= 11 is 0. The summed E-state index contributed by atoms with van der Waals surface area (Å²) in [7, 11) is -9.07. The first-order valence-corrected chi connectivity index (χ1v) is 13.1. The van der Waals surface area contributed by atoms with E-state index in [1.54, 1.807) is 0 Å². The standard InChI is InChI=1S/C18H38O6S2/c1-3-5-7-9-11-13-15-17(25(19,20)21)18(26(22,23)24)16-14-12-10-8-6-4-2/h17-18H,3-16H2,1-2H3,(H,19,20,21)(H,22,23,24). The third-order valence-electron chi connectivity index (χ3n) is 4.86. The quantitative estimate of drug-likeness (QED) is 0.256. The summed E-state index contributed by atoms with van der Waals surface area (Å²) in [5.41, 5.74) is 0. The highest BCUT2D eigenvalue weighted by molar-refractivity contribution is 7.90. The van der Waals surface area contributed by atoms with Crippen LogP contribution in [0.25, 0.3) is 0 Å². The van der Waals surface area contributed by atoms with Crippen molar-refractivity contribution < 1.29 is 25.9 Å². The Hall–Kier alpha value is -0.180. The highest BCUT2D eigenvalue weighted by Gasteiger charge is 2.39. The summed E-state index contributed by atoms with van der Waals surface area (Å²) in [5.74, 6) is 0. The van der Waals surface area contributed by atoms with Gasteiger partial charge in [-0.3, -0.25) is 9.11 Å². The largest absolute Gasteiger partial charge is 0.285 e. The summed E-state index contributed by atoms with van der Waals surface area (Å²) in [6, 6.07) is 0. The molecule has 0 spiro atoms. The number of hydrogen-bond donors (Lipinski definition) is 2. The van der Waals surface area contributed by atoms with Gasteiger partial charge in [0.2, 0.25) is 0 Å². The Kier molecular flexibility index (Phi) is 13.8. The van der Waals surface area contributed by atoms with Gasteiger partial charge >= 0.3 is 0 Å². The normalized spacial score (nSPS) is 15.1. The number of unbranched alkanes of at least 4 members (excludes halogenated alkanes) is 10. The molecule has 0 aliphatic heterocycles. The van der Waals surface area contributed by atoms with E-state index < -0.39 is 30.7 Å². The van der Waals surface area contributed by atoms with Crippen molar-refractivity contribution in [2.24, 2.45) is 0 Å². The van der Waals surface area contributed by atoms with E-state index in [1.807, 2.05) is 0 Å². The Balaban J connectivity index is 4.72. The molecule has 0 heterocycles. The summed E-state index contributed by atoms with van der Waals surface area (Å²) in [6.45, 7) is 4.21. The first-order chi connectivity index (χ1) is 12.1. The van der Waals surface area contributed by atoms with E-state index in [9.17, 15) is 25.9 Å². The first-order valence-electron chi connectivity index (χ1n) is 10.1. The minimum atomic E-state index is -4.54. The lowest BCUT2D eigenvalue weighted by molar-refractivity contribution is 0.416. The fourth-order valence-corrected chi connectivity index (χ4v) is 6.12. The van der Waals surface area contributed by atoms with Crippen molar-refractivity contribution >= 4 is 20.2 Å². The lowest BCUT2D eigenvalue weighted by Gasteiger charge is -2.22. The van der Waals surface area contributed by atoms with Crippen molar-refractivity contribution in [1.82, 2.24) is 0 Å². The SMILES string of the molecule is CCCCCCCCC(C(CCCCCCCC)S(=O)(=O)O)S(=O)(=O)O. The van der Waals surface area contributed by atoms with Crippen molar-refractivity contribution in [3.63, 3.8) is 0 Å². The zero-order valence-corrected chi connectivity index (χ0v) is 18.0. The van der Waals surface area contributed by atoms with Gasteiger partial charge in [-0.25, -0.2) is 0 Å². The molecule has 0 saturated heterocycles. The van der Waals surface area contributed by atoms with Gasteiger partial charge in [0.1, 0.15) is 10.5 Å². The first kappa shape index (κ1) is 25.8. The minimum absolute atomic E-state index is 0.0608. The second-order valence-corrected chi connectivity index (χ2v) is 10.5. The summed E-state index contributed by atoms with van der Waals surface area (Å²) in [4.78, 5) is 0. The topological polar surface area (TPSA) is 109 Å². The molecule has 0 radical (unpaired) electrons. The molecule has 26 heavy (non-hydrogen) atoms. The van der Waals surface area contributed by atoms with Gasteiger partial charge in [0.25, 0.3) is 20.2 Å². The second-order valence-electron chi connectivity index (χ2n) is 7.22. The molecule has 2 N–H and O–H groups in total. The van der Waals surface area contributed by atoms with E-state index in [2.05, 4.69) is 13.8 Å². The summed E-state index contributed by atoms with van der Waals surface area (Å²) in [6.07, 6.45) is 11.2. The molecule has 0 amide bonds. The van der Waals surface area contributed by atoms with Crippen molar-refractivity contribution in [3.05, 3.63) is 0 Å². The smallest absolute Gasteiger partial charge is 0.269 e. The van der Waals surface area contributed by atoms with Gasteiger partial charge in [-0.05, 0) is 12.8 Å². The van der Waals surface area contributed by atoms with Gasteiger partial charge in [-0.15, -0.1) is 0 Å². The fraction of sp³-hybridized carbons (Fsp3) is 1.00. The van der Waals surface area contributed by atoms with Gasteiger partial charge < -0.3 is 0 Å². The molecule has 0 saturated carbocycles. The maximum absolute atomic E-state index is 11.7. The molecule has 0 aromatic rings. The molecular weight excluding hydrogens is 376 g/mol. The van der Waals surface area contributed by atoms with Crippen LogP contribution >= 0.6 is 0 Å². The molecule has 0 aliphatic carbocycles. The molecule has 0 aliphatic rings. The third kappa shape index (κ3) is 12.3. The van der Waals surface area contributed by atoms with Gasteiger partial charge in [0.15, 0.2) is 0 Å². The van der Waals surface area contributed by atoms with Crippen LogP contribution < -0.4 is 0 Å². The van der Waals surface area contributed by atoms with Crippen molar-refractivity contribution in [3.8, 4) is 0 Å². The van der Waals surface area contributed by atoms with E-state index in [-0.39, 0.29) is 12.8 Å². The van der Waals surface area contributed by atoms with Crippen LogP contribution in [-0.4, -0.2) is 36.4 Å². The molecule has 0 aromatic carbocycles. The zero-order chi connectivity index (χ0) is 20.1. The van der Waals surface area contributed by atoms with Crippen LogP contribution in [0.1, 0.15) is 104 Å². The van der Waals surface area contributed by atoms with E-state index >= 15 is 0 Å². The Bertz CT molecular complexity index is 492. The molecule has 2 atom stereocenters. The average Bonchev–Trinajstić information content (AvgIpc) is 2.52. The Morgan fingerprint density at radius 1 is 0.538 bits per heavy atom. The van der Waals surface area contributed by atoms with Gasteiger partial charge in [-0.2, -0.15) is 16.8 Å². The van der Waals surface area contributed by atoms with Crippen molar-refractivity contribution in [2.45, 2.75) is 114 Å². The maximum Gasteiger partial charge on any atom is 0.269 e. The molecule has 8 heteroatoms. The monoisotopic (exact) mass is 414 g/mol. The van der Waals surface area contributed by atoms with Crippen LogP contribution in [0.15, 0.2) is 0 Å². The van der Waals surface area contributed by atoms with Crippen LogP contribution in [0.3, 0.4) is 0 Å². The van der Waals surface area contributed by atoms with Gasteiger partial charge in [-0.1, -0.05) is 90.9 Å². The average molecular weight is 415 g/mol. The van der Waals surface area contributed by atoms with E-state index in [0.29, 0.717) is 12.8 Å². The zero-order valence-electron chi connectivity index (χ0n) is 16.4. The minimum Gasteiger partial charge on any atom is -0.285 e. The van der Waals surface area contributed by atoms with Crippen LogP contribution in [0.2, 0.25) is 0 Å². The third-order valence-corrected chi connectivity index (χ3v) is 7.70. The fourth-order valence-electron chi connectivity index (χ4n) is 3.30. The van der Waals surface area contributed by atoms with Crippen LogP contribution in [0.4, 0.5) is 0 Å². The van der Waals surface area contributed by atoms with Crippen LogP contribution in [0, 0.1) is 0 Å².